The summed E-state index contributed by atoms with van der Waals surface area (Å²) in [4.78, 5) is 26.4. The van der Waals surface area contributed by atoms with Gasteiger partial charge in [0.15, 0.2) is 12.4 Å². The van der Waals surface area contributed by atoms with Crippen LogP contribution in [0.3, 0.4) is 0 Å². The lowest BCUT2D eigenvalue weighted by molar-refractivity contribution is -0.122. The van der Waals surface area contributed by atoms with E-state index in [0.717, 1.165) is 18.8 Å². The number of morpholine rings is 1. The van der Waals surface area contributed by atoms with Crippen molar-refractivity contribution in [2.45, 2.75) is 0 Å². The maximum atomic E-state index is 12.3. The van der Waals surface area contributed by atoms with Gasteiger partial charge in [0.2, 0.25) is 0 Å². The summed E-state index contributed by atoms with van der Waals surface area (Å²) in [5.74, 6) is -0.234. The smallest absolute Gasteiger partial charge is 0.258 e. The van der Waals surface area contributed by atoms with Crippen molar-refractivity contribution in [1.29, 1.82) is 0 Å². The zero-order valence-electron chi connectivity index (χ0n) is 15.1. The fraction of sp³-hybridized carbons (Fsp3) is 0.300. The van der Waals surface area contributed by atoms with Gasteiger partial charge in [0.25, 0.3) is 5.91 Å². The molecule has 3 rings (SSSR count). The SMILES string of the molecule is O=C(COc1ccc(Cl)cc1Cl)NCC(=O)c1ccc(N2CCOCC2)cc1. The second kappa shape index (κ2) is 9.78. The van der Waals surface area contributed by atoms with E-state index < -0.39 is 5.91 Å². The number of rotatable bonds is 7. The van der Waals surface area contributed by atoms with E-state index in [4.69, 9.17) is 32.7 Å². The van der Waals surface area contributed by atoms with E-state index in [1.165, 1.54) is 6.07 Å². The lowest BCUT2D eigenvalue weighted by atomic mass is 10.1. The number of benzene rings is 2. The Hall–Kier alpha value is -2.28. The first-order chi connectivity index (χ1) is 13.5. The molecule has 1 N–H and O–H groups in total. The molecule has 0 atom stereocenters. The highest BCUT2D eigenvalue weighted by Gasteiger charge is 2.13. The average Bonchev–Trinajstić information content (AvgIpc) is 2.72. The molecule has 0 unspecified atom stereocenters. The number of carbonyl (C=O) groups is 2. The van der Waals surface area contributed by atoms with Gasteiger partial charge < -0.3 is 19.7 Å². The van der Waals surface area contributed by atoms with Gasteiger partial charge in [-0.25, -0.2) is 0 Å². The number of hydrogen-bond acceptors (Lipinski definition) is 5. The number of ketones is 1. The number of nitrogens with zero attached hydrogens (tertiary/aromatic N) is 1. The van der Waals surface area contributed by atoms with E-state index >= 15 is 0 Å². The van der Waals surface area contributed by atoms with Gasteiger partial charge >= 0.3 is 0 Å². The number of ether oxygens (including phenoxy) is 2. The first-order valence-corrected chi connectivity index (χ1v) is 9.59. The Labute approximate surface area is 173 Å². The third kappa shape index (κ3) is 5.61. The summed E-state index contributed by atoms with van der Waals surface area (Å²) in [7, 11) is 0. The molecule has 0 radical (unpaired) electrons. The zero-order valence-corrected chi connectivity index (χ0v) is 16.6. The molecule has 0 aliphatic carbocycles. The van der Waals surface area contributed by atoms with E-state index in [0.29, 0.717) is 34.6 Å². The van der Waals surface area contributed by atoms with Gasteiger partial charge in [0, 0.05) is 29.4 Å². The quantitative estimate of drug-likeness (QED) is 0.693. The standard InChI is InChI=1S/C20H20Cl2N2O4/c21-15-3-6-19(17(22)11-15)28-13-20(26)23-12-18(25)14-1-4-16(5-2-14)24-7-9-27-10-8-24/h1-6,11H,7-10,12-13H2,(H,23,26). The number of carbonyl (C=O) groups excluding carboxylic acids is 2. The summed E-state index contributed by atoms with van der Waals surface area (Å²) in [5.41, 5.74) is 1.59. The maximum absolute atomic E-state index is 12.3. The van der Waals surface area contributed by atoms with Crippen molar-refractivity contribution in [2.24, 2.45) is 0 Å². The van der Waals surface area contributed by atoms with Crippen LogP contribution in [0.2, 0.25) is 10.0 Å². The van der Waals surface area contributed by atoms with Gasteiger partial charge in [-0.2, -0.15) is 0 Å². The van der Waals surface area contributed by atoms with E-state index in [9.17, 15) is 9.59 Å². The molecule has 1 aliphatic heterocycles. The molecular formula is C20H20Cl2N2O4. The summed E-state index contributed by atoms with van der Waals surface area (Å²) in [6.45, 7) is 2.73. The summed E-state index contributed by atoms with van der Waals surface area (Å²) >= 11 is 11.8. The van der Waals surface area contributed by atoms with Crippen molar-refractivity contribution in [3.8, 4) is 5.75 Å². The molecule has 2 aromatic rings. The highest BCUT2D eigenvalue weighted by atomic mass is 35.5. The first kappa shape index (κ1) is 20.5. The molecule has 1 amide bonds. The van der Waals surface area contributed by atoms with Crippen molar-refractivity contribution in [3.63, 3.8) is 0 Å². The molecule has 8 heteroatoms. The summed E-state index contributed by atoms with van der Waals surface area (Å²) in [6, 6.07) is 12.1. The molecule has 0 spiro atoms. The van der Waals surface area contributed by atoms with Crippen LogP contribution in [0, 0.1) is 0 Å². The molecular weight excluding hydrogens is 403 g/mol. The third-order valence-electron chi connectivity index (χ3n) is 4.26. The number of halogens is 2. The second-order valence-corrected chi connectivity index (χ2v) is 7.05. The lowest BCUT2D eigenvalue weighted by Gasteiger charge is -2.28. The molecule has 1 aliphatic rings. The van der Waals surface area contributed by atoms with Gasteiger partial charge in [-0.15, -0.1) is 0 Å². The molecule has 1 fully saturated rings. The van der Waals surface area contributed by atoms with Gasteiger partial charge in [-0.3, -0.25) is 9.59 Å². The highest BCUT2D eigenvalue weighted by molar-refractivity contribution is 6.35. The number of nitrogens with one attached hydrogen (secondary N) is 1. The summed E-state index contributed by atoms with van der Waals surface area (Å²) in [6.07, 6.45) is 0. The molecule has 0 aromatic heterocycles. The molecule has 148 valence electrons. The maximum Gasteiger partial charge on any atom is 0.258 e. The summed E-state index contributed by atoms with van der Waals surface area (Å²) < 4.78 is 10.7. The molecule has 1 saturated heterocycles. The third-order valence-corrected chi connectivity index (χ3v) is 4.79. The zero-order chi connectivity index (χ0) is 19.9. The normalized spacial score (nSPS) is 13.9. The summed E-state index contributed by atoms with van der Waals surface area (Å²) in [5, 5.41) is 3.35. The van der Waals surface area contributed by atoms with Crippen molar-refractivity contribution in [2.75, 3.05) is 44.4 Å². The van der Waals surface area contributed by atoms with Crippen LogP contribution >= 0.6 is 23.2 Å². The number of amides is 1. The van der Waals surface area contributed by atoms with Crippen molar-refractivity contribution in [3.05, 3.63) is 58.1 Å². The first-order valence-electron chi connectivity index (χ1n) is 8.83. The second-order valence-electron chi connectivity index (χ2n) is 6.21. The minimum Gasteiger partial charge on any atom is -0.482 e. The van der Waals surface area contributed by atoms with E-state index in [2.05, 4.69) is 10.2 Å². The number of anilines is 1. The van der Waals surface area contributed by atoms with Gasteiger partial charge in [0.05, 0.1) is 24.8 Å². The fourth-order valence-electron chi connectivity index (χ4n) is 2.75. The monoisotopic (exact) mass is 422 g/mol. The molecule has 28 heavy (non-hydrogen) atoms. The predicted octanol–water partition coefficient (Wildman–Crippen LogP) is 3.21. The predicted molar refractivity (Wildman–Crippen MR) is 109 cm³/mol. The Morgan fingerprint density at radius 2 is 1.79 bits per heavy atom. The molecule has 1 heterocycles. The Bertz CT molecular complexity index is 837. The number of Topliss-reactive ketones (excluding diaryl/α,β-unsaturated/α-hetero) is 1. The van der Waals surface area contributed by atoms with Crippen LogP contribution in [-0.4, -0.2) is 51.1 Å². The minimum absolute atomic E-state index is 0.104. The van der Waals surface area contributed by atoms with Crippen LogP contribution in [0.5, 0.6) is 5.75 Å². The minimum atomic E-state index is -0.413. The van der Waals surface area contributed by atoms with Crippen LogP contribution in [0.1, 0.15) is 10.4 Å². The van der Waals surface area contributed by atoms with E-state index in [1.54, 1.807) is 24.3 Å². The topological polar surface area (TPSA) is 67.9 Å². The van der Waals surface area contributed by atoms with E-state index in [-0.39, 0.29) is 18.9 Å². The van der Waals surface area contributed by atoms with E-state index in [1.807, 2.05) is 12.1 Å². The van der Waals surface area contributed by atoms with Crippen molar-refractivity contribution in [1.82, 2.24) is 5.32 Å². The van der Waals surface area contributed by atoms with Gasteiger partial charge in [-0.1, -0.05) is 23.2 Å². The molecule has 6 nitrogen and oxygen atoms in total. The molecule has 0 bridgehead atoms. The van der Waals surface area contributed by atoms with Crippen LogP contribution < -0.4 is 15.0 Å². The van der Waals surface area contributed by atoms with Crippen LogP contribution in [-0.2, 0) is 9.53 Å². The Morgan fingerprint density at radius 3 is 2.46 bits per heavy atom. The fourth-order valence-corrected chi connectivity index (χ4v) is 3.21. The Kier molecular flexibility index (Phi) is 7.14. The van der Waals surface area contributed by atoms with Crippen molar-refractivity contribution >= 4 is 40.6 Å². The van der Waals surface area contributed by atoms with Crippen LogP contribution in [0.4, 0.5) is 5.69 Å². The average molecular weight is 423 g/mol. The largest absolute Gasteiger partial charge is 0.482 e. The van der Waals surface area contributed by atoms with Crippen LogP contribution in [0.15, 0.2) is 42.5 Å². The lowest BCUT2D eigenvalue weighted by Crippen LogP contribution is -2.36. The van der Waals surface area contributed by atoms with Gasteiger partial charge in [0.1, 0.15) is 5.75 Å². The van der Waals surface area contributed by atoms with Crippen molar-refractivity contribution < 1.29 is 19.1 Å². The Balaban J connectivity index is 1.45. The Morgan fingerprint density at radius 1 is 1.07 bits per heavy atom. The van der Waals surface area contributed by atoms with Crippen LogP contribution in [0.25, 0.3) is 0 Å². The van der Waals surface area contributed by atoms with Gasteiger partial charge in [-0.05, 0) is 42.5 Å². The number of hydrogen-bond donors (Lipinski definition) is 1. The molecule has 0 saturated carbocycles. The highest BCUT2D eigenvalue weighted by Crippen LogP contribution is 2.27. The molecule has 2 aromatic carbocycles.